The van der Waals surface area contributed by atoms with Crippen LogP contribution in [0.1, 0.15) is 39.3 Å². The summed E-state index contributed by atoms with van der Waals surface area (Å²) in [7, 11) is 1.79. The summed E-state index contributed by atoms with van der Waals surface area (Å²) in [4.78, 5) is 11.8. The van der Waals surface area contributed by atoms with Crippen LogP contribution in [0.4, 0.5) is 4.39 Å². The lowest BCUT2D eigenvalue weighted by atomic mass is 10.1. The molecule has 0 bridgehead atoms. The normalized spacial score (nSPS) is 13.9. The molecule has 2 atom stereocenters. The molecule has 0 radical (unpaired) electrons. The molecule has 0 spiro atoms. The first-order valence-electron chi connectivity index (χ1n) is 7.24. The molecule has 0 fully saturated rings. The van der Waals surface area contributed by atoms with Crippen LogP contribution in [0.3, 0.4) is 0 Å². The second-order valence-electron chi connectivity index (χ2n) is 5.58. The van der Waals surface area contributed by atoms with Crippen LogP contribution in [0.2, 0.25) is 0 Å². The van der Waals surface area contributed by atoms with E-state index in [0.717, 1.165) is 0 Å². The Balaban J connectivity index is 2.69. The van der Waals surface area contributed by atoms with Gasteiger partial charge >= 0.3 is 0 Å². The Kier molecular flexibility index (Phi) is 6.62. The Morgan fingerprint density at radius 1 is 1.29 bits per heavy atom. The van der Waals surface area contributed by atoms with E-state index in [-0.39, 0.29) is 30.4 Å². The van der Waals surface area contributed by atoms with E-state index in [9.17, 15) is 9.18 Å². The fraction of sp³-hybridized carbons (Fsp3) is 0.562. The maximum absolute atomic E-state index is 13.3. The van der Waals surface area contributed by atoms with Crippen LogP contribution in [0, 0.1) is 11.7 Å². The quantitative estimate of drug-likeness (QED) is 0.813. The van der Waals surface area contributed by atoms with Crippen LogP contribution in [-0.4, -0.2) is 25.6 Å². The molecule has 0 aliphatic carbocycles. The summed E-state index contributed by atoms with van der Waals surface area (Å²) in [5, 5.41) is 5.91. The Bertz CT molecular complexity index is 477. The van der Waals surface area contributed by atoms with Crippen molar-refractivity contribution in [1.82, 2.24) is 10.6 Å². The molecule has 5 heteroatoms. The molecule has 2 N–H and O–H groups in total. The van der Waals surface area contributed by atoms with Gasteiger partial charge in [-0.1, -0.05) is 13.8 Å². The van der Waals surface area contributed by atoms with Crippen LogP contribution in [-0.2, 0) is 4.79 Å². The molecule has 0 saturated carbocycles. The number of carbonyl (C=O) groups is 1. The lowest BCUT2D eigenvalue weighted by Crippen LogP contribution is -2.39. The average molecular weight is 296 g/mol. The van der Waals surface area contributed by atoms with Gasteiger partial charge in [0.2, 0.25) is 0 Å². The number of ether oxygens (including phenoxy) is 1. The molecule has 0 aliphatic rings. The molecule has 1 aromatic carbocycles. The molecular formula is C16H25FN2O2. The largest absolute Gasteiger partial charge is 0.483 e. The number of rotatable bonds is 7. The fourth-order valence-electron chi connectivity index (χ4n) is 1.75. The van der Waals surface area contributed by atoms with Gasteiger partial charge in [0.15, 0.2) is 6.61 Å². The lowest BCUT2D eigenvalue weighted by Gasteiger charge is -2.19. The number of amides is 1. The predicted molar refractivity (Wildman–Crippen MR) is 81.8 cm³/mol. The van der Waals surface area contributed by atoms with Crippen molar-refractivity contribution in [3.8, 4) is 5.75 Å². The molecule has 0 heterocycles. The SMILES string of the molecule is CNC(C)c1cc(F)ccc1OCC(=O)NC(C)C(C)C. The van der Waals surface area contributed by atoms with Gasteiger partial charge in [-0.25, -0.2) is 4.39 Å². The van der Waals surface area contributed by atoms with Gasteiger partial charge in [-0.15, -0.1) is 0 Å². The highest BCUT2D eigenvalue weighted by molar-refractivity contribution is 5.77. The maximum atomic E-state index is 13.3. The molecule has 1 rings (SSSR count). The van der Waals surface area contributed by atoms with E-state index in [4.69, 9.17) is 4.74 Å². The van der Waals surface area contributed by atoms with Gasteiger partial charge in [0.05, 0.1) is 0 Å². The van der Waals surface area contributed by atoms with Crippen LogP contribution >= 0.6 is 0 Å². The molecule has 1 amide bonds. The summed E-state index contributed by atoms with van der Waals surface area (Å²) in [6.07, 6.45) is 0. The highest BCUT2D eigenvalue weighted by Crippen LogP contribution is 2.25. The number of hydrogen-bond donors (Lipinski definition) is 2. The third kappa shape index (κ3) is 5.34. The summed E-state index contributed by atoms with van der Waals surface area (Å²) in [5.74, 6) is 0.381. The average Bonchev–Trinajstić information content (AvgIpc) is 2.44. The van der Waals surface area contributed by atoms with Crippen molar-refractivity contribution in [3.05, 3.63) is 29.6 Å². The molecule has 4 nitrogen and oxygen atoms in total. The standard InChI is InChI=1S/C16H25FN2O2/c1-10(2)11(3)19-16(20)9-21-15-7-6-13(17)8-14(15)12(4)18-5/h6-8,10-12,18H,9H2,1-5H3,(H,19,20). The molecule has 118 valence electrons. The first-order valence-corrected chi connectivity index (χ1v) is 7.24. The van der Waals surface area contributed by atoms with Gasteiger partial charge in [0, 0.05) is 17.6 Å². The summed E-state index contributed by atoms with van der Waals surface area (Å²) in [6, 6.07) is 4.33. The second-order valence-corrected chi connectivity index (χ2v) is 5.58. The molecule has 0 aromatic heterocycles. The smallest absolute Gasteiger partial charge is 0.258 e. The number of nitrogens with one attached hydrogen (secondary N) is 2. The minimum Gasteiger partial charge on any atom is -0.483 e. The number of benzene rings is 1. The van der Waals surface area contributed by atoms with Crippen LogP contribution < -0.4 is 15.4 Å². The topological polar surface area (TPSA) is 50.4 Å². The van der Waals surface area contributed by atoms with E-state index < -0.39 is 0 Å². The highest BCUT2D eigenvalue weighted by atomic mass is 19.1. The van der Waals surface area contributed by atoms with Crippen molar-refractivity contribution in [2.24, 2.45) is 5.92 Å². The lowest BCUT2D eigenvalue weighted by molar-refractivity contribution is -0.124. The minimum atomic E-state index is -0.322. The Morgan fingerprint density at radius 2 is 1.95 bits per heavy atom. The summed E-state index contributed by atoms with van der Waals surface area (Å²) in [5.41, 5.74) is 0.696. The zero-order valence-corrected chi connectivity index (χ0v) is 13.4. The van der Waals surface area contributed by atoms with Gasteiger partial charge < -0.3 is 15.4 Å². The summed E-state index contributed by atoms with van der Waals surface area (Å²) < 4.78 is 18.9. The second kappa shape index (κ2) is 7.98. The van der Waals surface area contributed by atoms with Crippen molar-refractivity contribution in [3.63, 3.8) is 0 Å². The zero-order valence-electron chi connectivity index (χ0n) is 13.4. The van der Waals surface area contributed by atoms with E-state index in [1.54, 1.807) is 13.1 Å². The summed E-state index contributed by atoms with van der Waals surface area (Å²) >= 11 is 0. The third-order valence-electron chi connectivity index (χ3n) is 3.62. The third-order valence-corrected chi connectivity index (χ3v) is 3.62. The first-order chi connectivity index (χ1) is 9.85. The van der Waals surface area contributed by atoms with E-state index in [2.05, 4.69) is 10.6 Å². The number of halogens is 1. The van der Waals surface area contributed by atoms with Crippen molar-refractivity contribution in [2.45, 2.75) is 39.8 Å². The van der Waals surface area contributed by atoms with Crippen molar-refractivity contribution >= 4 is 5.91 Å². The van der Waals surface area contributed by atoms with Gasteiger partial charge in [-0.05, 0) is 45.0 Å². The van der Waals surface area contributed by atoms with Crippen molar-refractivity contribution in [1.29, 1.82) is 0 Å². The monoisotopic (exact) mass is 296 g/mol. The fourth-order valence-corrected chi connectivity index (χ4v) is 1.75. The van der Waals surface area contributed by atoms with Gasteiger partial charge in [0.1, 0.15) is 11.6 Å². The molecule has 2 unspecified atom stereocenters. The maximum Gasteiger partial charge on any atom is 0.258 e. The van der Waals surface area contributed by atoms with Gasteiger partial charge in [-0.3, -0.25) is 4.79 Å². The Hall–Kier alpha value is -1.62. The number of carbonyl (C=O) groups excluding carboxylic acids is 1. The number of hydrogen-bond acceptors (Lipinski definition) is 3. The zero-order chi connectivity index (χ0) is 16.0. The first kappa shape index (κ1) is 17.4. The predicted octanol–water partition coefficient (Wildman–Crippen LogP) is 2.65. The van der Waals surface area contributed by atoms with Crippen LogP contribution in [0.15, 0.2) is 18.2 Å². The van der Waals surface area contributed by atoms with Crippen LogP contribution in [0.5, 0.6) is 5.75 Å². The minimum absolute atomic E-state index is 0.0617. The van der Waals surface area contributed by atoms with E-state index in [1.807, 2.05) is 27.7 Å². The molecular weight excluding hydrogens is 271 g/mol. The van der Waals surface area contributed by atoms with E-state index in [1.165, 1.54) is 12.1 Å². The summed E-state index contributed by atoms with van der Waals surface area (Å²) in [6.45, 7) is 7.86. The molecule has 21 heavy (non-hydrogen) atoms. The molecule has 0 saturated heterocycles. The Morgan fingerprint density at radius 3 is 2.52 bits per heavy atom. The van der Waals surface area contributed by atoms with Gasteiger partial charge in [-0.2, -0.15) is 0 Å². The van der Waals surface area contributed by atoms with Crippen molar-refractivity contribution in [2.75, 3.05) is 13.7 Å². The van der Waals surface area contributed by atoms with E-state index in [0.29, 0.717) is 17.2 Å². The Labute approximate surface area is 126 Å². The van der Waals surface area contributed by atoms with E-state index >= 15 is 0 Å². The van der Waals surface area contributed by atoms with Crippen molar-refractivity contribution < 1.29 is 13.9 Å². The highest BCUT2D eigenvalue weighted by Gasteiger charge is 2.14. The molecule has 1 aromatic rings. The van der Waals surface area contributed by atoms with Crippen LogP contribution in [0.25, 0.3) is 0 Å². The van der Waals surface area contributed by atoms with Gasteiger partial charge in [0.25, 0.3) is 5.91 Å². The molecule has 0 aliphatic heterocycles.